The van der Waals surface area contributed by atoms with Gasteiger partial charge in [0.2, 0.25) is 6.29 Å². The van der Waals surface area contributed by atoms with Crippen molar-refractivity contribution in [1.29, 1.82) is 0 Å². The number of hydrogen-bond acceptors (Lipinski definition) is 2. The molecule has 1 aliphatic carbocycles. The summed E-state index contributed by atoms with van der Waals surface area (Å²) in [5.41, 5.74) is 8.31. The minimum absolute atomic E-state index is 0.731. The van der Waals surface area contributed by atoms with E-state index in [0.717, 1.165) is 11.6 Å². The maximum Gasteiger partial charge on any atom is 0.446 e. The molecular weight excluding hydrogens is 255 g/mol. The number of carbonyl (C=O) groups is 1. The zero-order chi connectivity index (χ0) is 14.3. The van der Waals surface area contributed by atoms with Crippen LogP contribution in [0.2, 0.25) is 0 Å². The third-order valence-electron chi connectivity index (χ3n) is 3.17. The molecule has 0 amide bonds. The number of hydrogen-bond donors (Lipinski definition) is 1. The summed E-state index contributed by atoms with van der Waals surface area (Å²) >= 11 is 0. The predicted octanol–water partition coefficient (Wildman–Crippen LogP) is 4.06. The number of rotatable bonds is 1. The van der Waals surface area contributed by atoms with Gasteiger partial charge in [0.15, 0.2) is 0 Å². The molecule has 2 nitrogen and oxygen atoms in total. The third-order valence-corrected chi connectivity index (χ3v) is 3.17. The largest absolute Gasteiger partial charge is 0.446 e. The molecule has 1 aromatic rings. The molecule has 0 radical (unpaired) electrons. The lowest BCUT2D eigenvalue weighted by Gasteiger charge is -2.23. The molecule has 0 spiro atoms. The van der Waals surface area contributed by atoms with Crippen LogP contribution in [0.25, 0.3) is 0 Å². The molecule has 0 saturated heterocycles. The van der Waals surface area contributed by atoms with Crippen LogP contribution < -0.4 is 5.73 Å². The van der Waals surface area contributed by atoms with E-state index < -0.39 is 12.5 Å². The first-order valence-electron chi connectivity index (χ1n) is 6.31. The Balaban J connectivity index is 0.000000258. The van der Waals surface area contributed by atoms with Gasteiger partial charge in [0.1, 0.15) is 0 Å². The van der Waals surface area contributed by atoms with Crippen LogP contribution in [0.5, 0.6) is 0 Å². The summed E-state index contributed by atoms with van der Waals surface area (Å²) in [6.45, 7) is 0. The normalized spacial score (nSPS) is 16.4. The zero-order valence-electron chi connectivity index (χ0n) is 10.6. The molecule has 2 rings (SSSR count). The molecule has 0 aromatic heterocycles. The molecule has 0 atom stereocenters. The summed E-state index contributed by atoms with van der Waals surface area (Å²) in [5, 5.41) is 0. The summed E-state index contributed by atoms with van der Waals surface area (Å²) in [4.78, 5) is 8.70. The fourth-order valence-corrected chi connectivity index (χ4v) is 2.30. The van der Waals surface area contributed by atoms with Crippen molar-refractivity contribution in [3.63, 3.8) is 0 Å². The van der Waals surface area contributed by atoms with E-state index in [0.29, 0.717) is 0 Å². The van der Waals surface area contributed by atoms with E-state index in [4.69, 9.17) is 10.5 Å². The van der Waals surface area contributed by atoms with Gasteiger partial charge in [0.05, 0.1) is 0 Å². The van der Waals surface area contributed by atoms with Crippen LogP contribution in [0.4, 0.5) is 18.9 Å². The van der Waals surface area contributed by atoms with Crippen LogP contribution in [-0.4, -0.2) is 12.5 Å². The van der Waals surface area contributed by atoms with Crippen molar-refractivity contribution in [3.8, 4) is 0 Å². The molecule has 19 heavy (non-hydrogen) atoms. The lowest BCUT2D eigenvalue weighted by Crippen LogP contribution is -2.07. The van der Waals surface area contributed by atoms with Crippen molar-refractivity contribution in [3.05, 3.63) is 29.8 Å². The van der Waals surface area contributed by atoms with E-state index >= 15 is 0 Å². The predicted molar refractivity (Wildman–Crippen MR) is 68.8 cm³/mol. The second-order valence-corrected chi connectivity index (χ2v) is 4.62. The Kier molecular flexibility index (Phi) is 5.86. The number of nitrogen functional groups attached to an aromatic ring is 1. The van der Waals surface area contributed by atoms with Gasteiger partial charge in [0.25, 0.3) is 0 Å². The molecule has 2 N–H and O–H groups in total. The van der Waals surface area contributed by atoms with Crippen molar-refractivity contribution in [2.24, 2.45) is 0 Å². The van der Waals surface area contributed by atoms with E-state index in [1.165, 1.54) is 37.7 Å². The number of para-hydroxylation sites is 1. The molecule has 0 unspecified atom stereocenters. The highest BCUT2D eigenvalue weighted by molar-refractivity contribution is 5.56. The fourth-order valence-electron chi connectivity index (χ4n) is 2.30. The molecular formula is C14H18F3NO. The van der Waals surface area contributed by atoms with Gasteiger partial charge in [-0.2, -0.15) is 13.2 Å². The summed E-state index contributed by atoms with van der Waals surface area (Å²) in [6.07, 6.45) is 1.11. The SMILES string of the molecule is Nc1ccccc1C1CCCCC1.O=CC(F)(F)F. The Bertz CT molecular complexity index is 398. The van der Waals surface area contributed by atoms with Crippen LogP contribution in [-0.2, 0) is 4.79 Å². The Morgan fingerprint density at radius 3 is 2.11 bits per heavy atom. The number of alkyl halides is 3. The molecule has 1 aromatic carbocycles. The first-order chi connectivity index (χ1) is 8.94. The minimum atomic E-state index is -4.64. The van der Waals surface area contributed by atoms with Gasteiger partial charge >= 0.3 is 6.18 Å². The van der Waals surface area contributed by atoms with Crippen LogP contribution in [0, 0.1) is 0 Å². The summed E-state index contributed by atoms with van der Waals surface area (Å²) in [6, 6.07) is 8.32. The smallest absolute Gasteiger partial charge is 0.398 e. The maximum atomic E-state index is 10.4. The summed E-state index contributed by atoms with van der Waals surface area (Å²) < 4.78 is 31.2. The average molecular weight is 273 g/mol. The minimum Gasteiger partial charge on any atom is -0.398 e. The number of benzene rings is 1. The number of aldehydes is 1. The van der Waals surface area contributed by atoms with Gasteiger partial charge < -0.3 is 5.73 Å². The Morgan fingerprint density at radius 2 is 1.63 bits per heavy atom. The fraction of sp³-hybridized carbons (Fsp3) is 0.500. The molecule has 1 aliphatic rings. The molecule has 1 saturated carbocycles. The van der Waals surface area contributed by atoms with Crippen LogP contribution in [0.3, 0.4) is 0 Å². The third kappa shape index (κ3) is 5.77. The number of halogens is 3. The van der Waals surface area contributed by atoms with Crippen LogP contribution in [0.1, 0.15) is 43.6 Å². The summed E-state index contributed by atoms with van der Waals surface area (Å²) in [5.74, 6) is 0.731. The number of carbonyl (C=O) groups excluding carboxylic acids is 1. The highest BCUT2D eigenvalue weighted by Crippen LogP contribution is 2.34. The van der Waals surface area contributed by atoms with E-state index in [2.05, 4.69) is 12.1 Å². The lowest BCUT2D eigenvalue weighted by atomic mass is 9.83. The van der Waals surface area contributed by atoms with Gasteiger partial charge in [-0.15, -0.1) is 0 Å². The van der Waals surface area contributed by atoms with Gasteiger partial charge in [-0.05, 0) is 30.4 Å². The summed E-state index contributed by atoms with van der Waals surface area (Å²) in [7, 11) is 0. The quantitative estimate of drug-likeness (QED) is 0.619. The van der Waals surface area contributed by atoms with Crippen molar-refractivity contribution < 1.29 is 18.0 Å². The monoisotopic (exact) mass is 273 g/mol. The lowest BCUT2D eigenvalue weighted by molar-refractivity contribution is -0.156. The van der Waals surface area contributed by atoms with Gasteiger partial charge in [-0.25, -0.2) is 0 Å². The van der Waals surface area contributed by atoms with E-state index in [1.807, 2.05) is 12.1 Å². The zero-order valence-corrected chi connectivity index (χ0v) is 10.6. The molecule has 106 valence electrons. The maximum absolute atomic E-state index is 10.4. The Hall–Kier alpha value is -1.52. The molecule has 0 heterocycles. The highest BCUT2D eigenvalue weighted by Gasteiger charge is 2.24. The first-order valence-corrected chi connectivity index (χ1v) is 6.31. The van der Waals surface area contributed by atoms with Crippen LogP contribution in [0.15, 0.2) is 24.3 Å². The highest BCUT2D eigenvalue weighted by atomic mass is 19.4. The van der Waals surface area contributed by atoms with Gasteiger partial charge in [-0.3, -0.25) is 4.79 Å². The molecule has 1 fully saturated rings. The van der Waals surface area contributed by atoms with Crippen molar-refractivity contribution in [2.75, 3.05) is 5.73 Å². The van der Waals surface area contributed by atoms with Crippen molar-refractivity contribution in [2.45, 2.75) is 44.2 Å². The van der Waals surface area contributed by atoms with E-state index in [9.17, 15) is 13.2 Å². The van der Waals surface area contributed by atoms with E-state index in [1.54, 1.807) is 0 Å². The Labute approximate surface area is 110 Å². The van der Waals surface area contributed by atoms with Crippen molar-refractivity contribution >= 4 is 12.0 Å². The molecule has 0 aliphatic heterocycles. The van der Waals surface area contributed by atoms with Crippen molar-refractivity contribution in [1.82, 2.24) is 0 Å². The second-order valence-electron chi connectivity index (χ2n) is 4.62. The molecule has 5 heteroatoms. The second kappa shape index (κ2) is 7.16. The number of anilines is 1. The van der Waals surface area contributed by atoms with Gasteiger partial charge in [-0.1, -0.05) is 37.5 Å². The topological polar surface area (TPSA) is 43.1 Å². The molecule has 0 bridgehead atoms. The Morgan fingerprint density at radius 1 is 1.11 bits per heavy atom. The van der Waals surface area contributed by atoms with Gasteiger partial charge in [0, 0.05) is 5.69 Å². The number of nitrogens with two attached hydrogens (primary N) is 1. The van der Waals surface area contributed by atoms with E-state index in [-0.39, 0.29) is 0 Å². The average Bonchev–Trinajstić information content (AvgIpc) is 2.40. The first kappa shape index (κ1) is 15.5. The standard InChI is InChI=1S/C12H17N.C2HF3O/c13-12-9-5-4-8-11(12)10-6-2-1-3-7-10;3-2(4,5)1-6/h4-5,8-10H,1-3,6-7,13H2;1H. The van der Waals surface area contributed by atoms with Crippen LogP contribution >= 0.6 is 0 Å².